The number of carbonyl (C=O) groups is 2. The van der Waals surface area contributed by atoms with Crippen LogP contribution in [0.1, 0.15) is 10.4 Å². The summed E-state index contributed by atoms with van der Waals surface area (Å²) in [6.45, 7) is 2.66. The monoisotopic (exact) mass is 469 g/mol. The number of nitrogens with zero attached hydrogens (tertiary/aromatic N) is 4. The van der Waals surface area contributed by atoms with E-state index in [-0.39, 0.29) is 18.4 Å². The van der Waals surface area contributed by atoms with Crippen LogP contribution in [0, 0.1) is 0 Å². The van der Waals surface area contributed by atoms with Gasteiger partial charge in [-0.1, -0.05) is 29.4 Å². The first-order valence-corrected chi connectivity index (χ1v) is 11.9. The lowest BCUT2D eigenvalue weighted by Gasteiger charge is -2.36. The van der Waals surface area contributed by atoms with Crippen molar-refractivity contribution in [3.05, 3.63) is 71.5 Å². The summed E-state index contributed by atoms with van der Waals surface area (Å²) in [7, 11) is 0. The number of halogens is 1. The molecule has 1 aromatic heterocycles. The van der Waals surface area contributed by atoms with Crippen LogP contribution in [0.2, 0.25) is 5.02 Å². The summed E-state index contributed by atoms with van der Waals surface area (Å²) in [6.07, 6.45) is 5.59. The van der Waals surface area contributed by atoms with Gasteiger partial charge >= 0.3 is 0 Å². The highest BCUT2D eigenvalue weighted by Crippen LogP contribution is 2.21. The maximum atomic E-state index is 12.6. The molecule has 0 bridgehead atoms. The van der Waals surface area contributed by atoms with E-state index in [0.717, 1.165) is 29.6 Å². The zero-order valence-corrected chi connectivity index (χ0v) is 19.3. The molecule has 2 aromatic carbocycles. The quantitative estimate of drug-likeness (QED) is 0.561. The van der Waals surface area contributed by atoms with Gasteiger partial charge in [0.15, 0.2) is 5.16 Å². The van der Waals surface area contributed by atoms with Gasteiger partial charge in [-0.05, 0) is 48.7 Å². The first-order chi connectivity index (χ1) is 15.5. The second-order valence-electron chi connectivity index (χ2n) is 7.36. The largest absolute Gasteiger partial charge is 0.368 e. The topological polar surface area (TPSA) is 70.5 Å². The Hall–Kier alpha value is -2.97. The molecule has 3 aromatic rings. The summed E-state index contributed by atoms with van der Waals surface area (Å²) in [5.74, 6) is -0.345. The van der Waals surface area contributed by atoms with Crippen molar-refractivity contribution in [2.75, 3.05) is 43.9 Å². The van der Waals surface area contributed by atoms with Crippen molar-refractivity contribution in [3.63, 3.8) is 0 Å². The first-order valence-electron chi connectivity index (χ1n) is 10.3. The van der Waals surface area contributed by atoms with E-state index in [1.807, 2.05) is 53.4 Å². The third-order valence-electron chi connectivity index (χ3n) is 5.40. The Morgan fingerprint density at radius 1 is 1.06 bits per heavy atom. The number of hydrogen-bond acceptors (Lipinski definition) is 5. The molecule has 4 rings (SSSR count). The molecule has 0 saturated carbocycles. The lowest BCUT2D eigenvalue weighted by molar-refractivity contribution is -0.130. The zero-order valence-electron chi connectivity index (χ0n) is 17.7. The van der Waals surface area contributed by atoms with Gasteiger partial charge in [0.1, 0.15) is 0 Å². The van der Waals surface area contributed by atoms with Gasteiger partial charge in [0.2, 0.25) is 5.91 Å². The van der Waals surface area contributed by atoms with Gasteiger partial charge in [-0.2, -0.15) is 0 Å². The first kappa shape index (κ1) is 22.2. The molecule has 0 aliphatic carbocycles. The van der Waals surface area contributed by atoms with Crippen molar-refractivity contribution < 1.29 is 9.59 Å². The van der Waals surface area contributed by atoms with Crippen LogP contribution in [0.15, 0.2) is 66.1 Å². The van der Waals surface area contributed by atoms with E-state index >= 15 is 0 Å². The van der Waals surface area contributed by atoms with Crippen LogP contribution >= 0.6 is 23.4 Å². The SMILES string of the molecule is CSc1nccn1-c1ccc(C(=O)NCC(=O)N2CCN(c3cccc(Cl)c3)CC2)cc1. The average molecular weight is 470 g/mol. The number of hydrogen-bond donors (Lipinski definition) is 1. The highest BCUT2D eigenvalue weighted by molar-refractivity contribution is 7.98. The molecule has 1 fully saturated rings. The molecule has 2 heterocycles. The molecular weight excluding hydrogens is 446 g/mol. The summed E-state index contributed by atoms with van der Waals surface area (Å²) < 4.78 is 1.96. The third kappa shape index (κ3) is 5.08. The maximum absolute atomic E-state index is 12.6. The van der Waals surface area contributed by atoms with Gasteiger partial charge < -0.3 is 15.1 Å². The number of aromatic nitrogens is 2. The summed E-state index contributed by atoms with van der Waals surface area (Å²) in [6, 6.07) is 15.0. The van der Waals surface area contributed by atoms with E-state index in [1.165, 1.54) is 0 Å². The number of rotatable bonds is 6. The molecule has 1 saturated heterocycles. The molecule has 7 nitrogen and oxygen atoms in total. The number of amides is 2. The molecule has 32 heavy (non-hydrogen) atoms. The Kier molecular flexibility index (Phi) is 7.02. The second kappa shape index (κ2) is 10.1. The number of thioether (sulfide) groups is 1. The van der Waals surface area contributed by atoms with Gasteiger partial charge in [-0.25, -0.2) is 4.98 Å². The highest BCUT2D eigenvalue weighted by Gasteiger charge is 2.22. The van der Waals surface area contributed by atoms with E-state index in [9.17, 15) is 9.59 Å². The van der Waals surface area contributed by atoms with Crippen LogP contribution in [-0.4, -0.2) is 65.2 Å². The number of piperazine rings is 1. The van der Waals surface area contributed by atoms with Gasteiger partial charge in [0, 0.05) is 60.5 Å². The number of carbonyl (C=O) groups excluding carboxylic acids is 2. The van der Waals surface area contributed by atoms with Crippen LogP contribution < -0.4 is 10.2 Å². The van der Waals surface area contributed by atoms with Gasteiger partial charge in [-0.15, -0.1) is 0 Å². The predicted molar refractivity (Wildman–Crippen MR) is 128 cm³/mol. The van der Waals surface area contributed by atoms with Crippen LogP contribution in [0.3, 0.4) is 0 Å². The maximum Gasteiger partial charge on any atom is 0.251 e. The second-order valence-corrected chi connectivity index (χ2v) is 8.57. The fraction of sp³-hybridized carbons (Fsp3) is 0.261. The van der Waals surface area contributed by atoms with E-state index in [1.54, 1.807) is 35.0 Å². The van der Waals surface area contributed by atoms with Gasteiger partial charge in [0.25, 0.3) is 5.91 Å². The number of benzene rings is 2. The fourth-order valence-electron chi connectivity index (χ4n) is 3.67. The minimum absolute atomic E-state index is 0.0180. The average Bonchev–Trinajstić information content (AvgIpc) is 3.31. The van der Waals surface area contributed by atoms with Crippen LogP contribution in [0.5, 0.6) is 0 Å². The summed E-state index contributed by atoms with van der Waals surface area (Å²) >= 11 is 7.63. The van der Waals surface area contributed by atoms with Crippen molar-refractivity contribution in [1.82, 2.24) is 19.8 Å². The molecule has 0 radical (unpaired) electrons. The molecule has 9 heteroatoms. The molecule has 0 atom stereocenters. The van der Waals surface area contributed by atoms with Crippen LogP contribution in [0.4, 0.5) is 5.69 Å². The normalized spacial score (nSPS) is 13.8. The lowest BCUT2D eigenvalue weighted by Crippen LogP contribution is -2.51. The number of nitrogens with one attached hydrogen (secondary N) is 1. The zero-order chi connectivity index (χ0) is 22.5. The highest BCUT2D eigenvalue weighted by atomic mass is 35.5. The van der Waals surface area contributed by atoms with Crippen LogP contribution in [0.25, 0.3) is 5.69 Å². The predicted octanol–water partition coefficient (Wildman–Crippen LogP) is 3.33. The number of anilines is 1. The standard InChI is InChI=1S/C23H24ClN5O2S/c1-32-23-25-9-10-29(23)19-7-5-17(6-8-19)22(31)26-16-21(30)28-13-11-27(12-14-28)20-4-2-3-18(24)15-20/h2-10,15H,11-14,16H2,1H3,(H,26,31). The molecule has 0 spiro atoms. The molecule has 1 N–H and O–H groups in total. The van der Waals surface area contributed by atoms with Crippen molar-refractivity contribution in [2.24, 2.45) is 0 Å². The molecule has 1 aliphatic heterocycles. The number of imidazole rings is 1. The Morgan fingerprint density at radius 3 is 2.50 bits per heavy atom. The Bertz CT molecular complexity index is 1090. The summed E-state index contributed by atoms with van der Waals surface area (Å²) in [5.41, 5.74) is 2.50. The van der Waals surface area contributed by atoms with E-state index in [4.69, 9.17) is 11.6 Å². The third-order valence-corrected chi connectivity index (χ3v) is 6.31. The molecular formula is C23H24ClN5O2S. The summed E-state index contributed by atoms with van der Waals surface area (Å²) in [4.78, 5) is 33.3. The molecule has 1 aliphatic rings. The molecule has 2 amide bonds. The van der Waals surface area contributed by atoms with Crippen molar-refractivity contribution in [1.29, 1.82) is 0 Å². The Morgan fingerprint density at radius 2 is 1.81 bits per heavy atom. The molecule has 166 valence electrons. The van der Waals surface area contributed by atoms with E-state index in [2.05, 4.69) is 15.2 Å². The Balaban J connectivity index is 1.27. The van der Waals surface area contributed by atoms with Gasteiger partial charge in [0.05, 0.1) is 6.54 Å². The molecule has 0 unspecified atom stereocenters. The van der Waals surface area contributed by atoms with Crippen LogP contribution in [-0.2, 0) is 4.79 Å². The smallest absolute Gasteiger partial charge is 0.251 e. The van der Waals surface area contributed by atoms with E-state index < -0.39 is 0 Å². The van der Waals surface area contributed by atoms with E-state index in [0.29, 0.717) is 23.7 Å². The van der Waals surface area contributed by atoms with Gasteiger partial charge in [-0.3, -0.25) is 14.2 Å². The van der Waals surface area contributed by atoms with Crippen molar-refractivity contribution in [3.8, 4) is 5.69 Å². The minimum atomic E-state index is -0.266. The Labute approximate surface area is 196 Å². The summed E-state index contributed by atoms with van der Waals surface area (Å²) in [5, 5.41) is 4.32. The fourth-order valence-corrected chi connectivity index (χ4v) is 4.38. The lowest BCUT2D eigenvalue weighted by atomic mass is 10.2. The van der Waals surface area contributed by atoms with Crippen molar-refractivity contribution >= 4 is 40.9 Å². The minimum Gasteiger partial charge on any atom is -0.368 e. The van der Waals surface area contributed by atoms with Crippen molar-refractivity contribution in [2.45, 2.75) is 5.16 Å².